The smallest absolute Gasteiger partial charge is 0.317 e. The number of aryl methyl sites for hydroxylation is 2. The molecule has 0 bridgehead atoms. The molecule has 0 saturated carbocycles. The van der Waals surface area contributed by atoms with Gasteiger partial charge in [-0.05, 0) is 20.3 Å². The predicted octanol–water partition coefficient (Wildman–Crippen LogP) is 0.733. The number of carboxylic acid groups (broad SMARTS) is 1. The molecule has 20 heavy (non-hydrogen) atoms. The summed E-state index contributed by atoms with van der Waals surface area (Å²) in [6.45, 7) is 4.55. The van der Waals surface area contributed by atoms with Gasteiger partial charge in [0.2, 0.25) is 0 Å². The molecule has 0 aromatic carbocycles. The Hall–Kier alpha value is -2.05. The number of carbonyl (C=O) groups is 2. The Morgan fingerprint density at radius 3 is 2.75 bits per heavy atom. The van der Waals surface area contributed by atoms with Crippen molar-refractivity contribution in [1.29, 1.82) is 0 Å². The van der Waals surface area contributed by atoms with E-state index < -0.39 is 11.9 Å². The van der Waals surface area contributed by atoms with Crippen molar-refractivity contribution >= 4 is 12.0 Å². The fourth-order valence-corrected chi connectivity index (χ4v) is 2.65. The van der Waals surface area contributed by atoms with E-state index in [2.05, 4.69) is 10.4 Å². The quantitative estimate of drug-likeness (QED) is 0.854. The van der Waals surface area contributed by atoms with E-state index in [9.17, 15) is 9.59 Å². The SMILES string of the molecule is Cc1nn(C)cc1CNC(=O)N1CCC(C(=O)O)C1C. The van der Waals surface area contributed by atoms with Crippen molar-refractivity contribution in [2.75, 3.05) is 6.54 Å². The zero-order valence-corrected chi connectivity index (χ0v) is 12.0. The van der Waals surface area contributed by atoms with Crippen molar-refractivity contribution < 1.29 is 14.7 Å². The van der Waals surface area contributed by atoms with E-state index in [1.165, 1.54) is 0 Å². The molecule has 2 atom stereocenters. The van der Waals surface area contributed by atoms with Crippen LogP contribution in [0.1, 0.15) is 24.6 Å². The highest BCUT2D eigenvalue weighted by Gasteiger charge is 2.38. The number of carbonyl (C=O) groups excluding carboxylic acids is 1. The predicted molar refractivity (Wildman–Crippen MR) is 72.1 cm³/mol. The first-order chi connectivity index (χ1) is 9.40. The molecule has 7 heteroatoms. The number of likely N-dealkylation sites (tertiary alicyclic amines) is 1. The van der Waals surface area contributed by atoms with Gasteiger partial charge in [-0.25, -0.2) is 4.79 Å². The largest absolute Gasteiger partial charge is 0.481 e. The van der Waals surface area contributed by atoms with Crippen molar-refractivity contribution in [3.63, 3.8) is 0 Å². The molecule has 2 heterocycles. The van der Waals surface area contributed by atoms with E-state index in [0.717, 1.165) is 11.3 Å². The lowest BCUT2D eigenvalue weighted by Crippen LogP contribution is -2.43. The average molecular weight is 280 g/mol. The summed E-state index contributed by atoms with van der Waals surface area (Å²) in [4.78, 5) is 24.7. The van der Waals surface area contributed by atoms with Gasteiger partial charge in [0, 0.05) is 37.9 Å². The van der Waals surface area contributed by atoms with Gasteiger partial charge in [-0.2, -0.15) is 5.10 Å². The molecule has 1 aromatic rings. The second-order valence-corrected chi connectivity index (χ2v) is 5.24. The molecule has 1 aliphatic heterocycles. The van der Waals surface area contributed by atoms with Crippen molar-refractivity contribution in [2.24, 2.45) is 13.0 Å². The third-order valence-electron chi connectivity index (χ3n) is 3.88. The van der Waals surface area contributed by atoms with Gasteiger partial charge in [-0.3, -0.25) is 9.48 Å². The van der Waals surface area contributed by atoms with E-state index in [-0.39, 0.29) is 12.1 Å². The van der Waals surface area contributed by atoms with E-state index in [4.69, 9.17) is 5.11 Å². The lowest BCUT2D eigenvalue weighted by atomic mass is 10.0. The number of hydrogen-bond donors (Lipinski definition) is 2. The van der Waals surface area contributed by atoms with Crippen LogP contribution >= 0.6 is 0 Å². The Labute approximate surface area is 117 Å². The van der Waals surface area contributed by atoms with Gasteiger partial charge < -0.3 is 15.3 Å². The summed E-state index contributed by atoms with van der Waals surface area (Å²) in [5, 5.41) is 16.1. The number of nitrogens with zero attached hydrogens (tertiary/aromatic N) is 3. The summed E-state index contributed by atoms with van der Waals surface area (Å²) in [5.41, 5.74) is 1.84. The van der Waals surface area contributed by atoms with Gasteiger partial charge in [0.25, 0.3) is 0 Å². The Bertz CT molecular complexity index is 526. The zero-order valence-electron chi connectivity index (χ0n) is 12.0. The Balaban J connectivity index is 1.93. The highest BCUT2D eigenvalue weighted by Crippen LogP contribution is 2.24. The second kappa shape index (κ2) is 5.52. The first kappa shape index (κ1) is 14.4. The fourth-order valence-electron chi connectivity index (χ4n) is 2.65. The van der Waals surface area contributed by atoms with Crippen LogP contribution in [0.4, 0.5) is 4.79 Å². The molecule has 2 rings (SSSR count). The summed E-state index contributed by atoms with van der Waals surface area (Å²) >= 11 is 0. The molecule has 1 saturated heterocycles. The molecule has 2 N–H and O–H groups in total. The summed E-state index contributed by atoms with van der Waals surface area (Å²) in [6.07, 6.45) is 2.37. The number of rotatable bonds is 3. The van der Waals surface area contributed by atoms with Gasteiger partial charge >= 0.3 is 12.0 Å². The number of carboxylic acids is 1. The molecule has 0 radical (unpaired) electrons. The lowest BCUT2D eigenvalue weighted by Gasteiger charge is -2.23. The standard InChI is InChI=1S/C13H20N4O3/c1-8-10(7-16(3)15-8)6-14-13(20)17-5-4-11(9(17)2)12(18)19/h7,9,11H,4-6H2,1-3H3,(H,14,20)(H,18,19). The summed E-state index contributed by atoms with van der Waals surface area (Å²) in [7, 11) is 1.83. The van der Waals surface area contributed by atoms with Gasteiger partial charge in [0.05, 0.1) is 11.6 Å². The average Bonchev–Trinajstić information content (AvgIpc) is 2.89. The van der Waals surface area contributed by atoms with Gasteiger partial charge in [0.15, 0.2) is 0 Å². The third-order valence-corrected chi connectivity index (χ3v) is 3.88. The highest BCUT2D eigenvalue weighted by atomic mass is 16.4. The lowest BCUT2D eigenvalue weighted by molar-refractivity contribution is -0.142. The van der Waals surface area contributed by atoms with Crippen LogP contribution in [0.2, 0.25) is 0 Å². The van der Waals surface area contributed by atoms with Crippen LogP contribution in [0, 0.1) is 12.8 Å². The summed E-state index contributed by atoms with van der Waals surface area (Å²) in [6, 6.07) is -0.494. The van der Waals surface area contributed by atoms with Crippen LogP contribution in [0.3, 0.4) is 0 Å². The highest BCUT2D eigenvalue weighted by molar-refractivity contribution is 5.78. The molecule has 1 aromatic heterocycles. The topological polar surface area (TPSA) is 87.5 Å². The molecule has 0 aliphatic carbocycles. The number of urea groups is 1. The minimum absolute atomic E-state index is 0.218. The van der Waals surface area contributed by atoms with Gasteiger partial charge in [0.1, 0.15) is 0 Å². The summed E-state index contributed by atoms with van der Waals surface area (Å²) in [5.74, 6) is -1.31. The van der Waals surface area contributed by atoms with E-state index in [1.807, 2.05) is 20.2 Å². The molecule has 2 amide bonds. The maximum absolute atomic E-state index is 12.1. The fraction of sp³-hybridized carbons (Fsp3) is 0.615. The molecule has 1 fully saturated rings. The minimum atomic E-state index is -0.837. The summed E-state index contributed by atoms with van der Waals surface area (Å²) < 4.78 is 1.70. The molecule has 0 spiro atoms. The number of amides is 2. The van der Waals surface area contributed by atoms with Crippen LogP contribution in [0.25, 0.3) is 0 Å². The molecule has 110 valence electrons. The van der Waals surface area contributed by atoms with E-state index in [0.29, 0.717) is 19.5 Å². The van der Waals surface area contributed by atoms with Crippen molar-refractivity contribution in [3.8, 4) is 0 Å². The number of nitrogens with one attached hydrogen (secondary N) is 1. The second-order valence-electron chi connectivity index (χ2n) is 5.24. The van der Waals surface area contributed by atoms with Crippen molar-refractivity contribution in [3.05, 3.63) is 17.5 Å². The van der Waals surface area contributed by atoms with Gasteiger partial charge in [-0.15, -0.1) is 0 Å². The van der Waals surface area contributed by atoms with E-state index in [1.54, 1.807) is 16.5 Å². The van der Waals surface area contributed by atoms with Gasteiger partial charge in [-0.1, -0.05) is 0 Å². The van der Waals surface area contributed by atoms with Crippen LogP contribution < -0.4 is 5.32 Å². The zero-order chi connectivity index (χ0) is 14.9. The Morgan fingerprint density at radius 1 is 1.55 bits per heavy atom. The van der Waals surface area contributed by atoms with Crippen molar-refractivity contribution in [1.82, 2.24) is 20.0 Å². The number of hydrogen-bond acceptors (Lipinski definition) is 3. The van der Waals surface area contributed by atoms with Crippen LogP contribution in [-0.2, 0) is 18.4 Å². The van der Waals surface area contributed by atoms with Crippen molar-refractivity contribution in [2.45, 2.75) is 32.9 Å². The Kier molecular flexibility index (Phi) is 3.96. The number of aliphatic carboxylic acids is 1. The maximum atomic E-state index is 12.1. The van der Waals surface area contributed by atoms with Crippen LogP contribution in [0.15, 0.2) is 6.20 Å². The van der Waals surface area contributed by atoms with Crippen LogP contribution in [-0.4, -0.2) is 44.4 Å². The number of aromatic nitrogens is 2. The molecular formula is C13H20N4O3. The monoisotopic (exact) mass is 280 g/mol. The molecule has 1 aliphatic rings. The first-order valence-electron chi connectivity index (χ1n) is 6.66. The first-order valence-corrected chi connectivity index (χ1v) is 6.66. The molecular weight excluding hydrogens is 260 g/mol. The molecule has 7 nitrogen and oxygen atoms in total. The molecule has 2 unspecified atom stereocenters. The maximum Gasteiger partial charge on any atom is 0.317 e. The van der Waals surface area contributed by atoms with E-state index >= 15 is 0 Å². The minimum Gasteiger partial charge on any atom is -0.481 e. The Morgan fingerprint density at radius 2 is 2.25 bits per heavy atom. The third kappa shape index (κ3) is 2.76. The van der Waals surface area contributed by atoms with Crippen LogP contribution in [0.5, 0.6) is 0 Å². The normalized spacial score (nSPS) is 22.1.